The van der Waals surface area contributed by atoms with Crippen molar-refractivity contribution < 1.29 is 14.3 Å². The molecule has 0 radical (unpaired) electrons. The minimum absolute atomic E-state index is 0.0244. The van der Waals surface area contributed by atoms with Crippen LogP contribution in [0.3, 0.4) is 0 Å². The summed E-state index contributed by atoms with van der Waals surface area (Å²) in [6.45, 7) is 3.56. The van der Waals surface area contributed by atoms with E-state index in [9.17, 15) is 10.1 Å². The summed E-state index contributed by atoms with van der Waals surface area (Å²) in [5, 5.41) is 12.3. The predicted octanol–water partition coefficient (Wildman–Crippen LogP) is 3.92. The molecule has 2 atom stereocenters. The lowest BCUT2D eigenvalue weighted by Gasteiger charge is -2.49. The van der Waals surface area contributed by atoms with Gasteiger partial charge in [0.15, 0.2) is 0 Å². The number of rotatable bonds is 3. The first kappa shape index (κ1) is 21.8. The fourth-order valence-corrected chi connectivity index (χ4v) is 5.87. The molecule has 1 saturated heterocycles. The third kappa shape index (κ3) is 4.30. The lowest BCUT2D eigenvalue weighted by Crippen LogP contribution is -2.54. The Hall–Kier alpha value is -3.04. The van der Waals surface area contributed by atoms with E-state index < -0.39 is 0 Å². The van der Waals surface area contributed by atoms with Crippen LogP contribution in [0.5, 0.6) is 11.5 Å². The highest BCUT2D eigenvalue weighted by molar-refractivity contribution is 5.73. The predicted molar refractivity (Wildman–Crippen MR) is 125 cm³/mol. The van der Waals surface area contributed by atoms with E-state index in [4.69, 9.17) is 9.47 Å². The van der Waals surface area contributed by atoms with Crippen molar-refractivity contribution in [3.05, 3.63) is 58.7 Å². The van der Waals surface area contributed by atoms with Gasteiger partial charge in [-0.15, -0.1) is 0 Å². The molecule has 1 aliphatic carbocycles. The Labute approximate surface area is 195 Å². The van der Waals surface area contributed by atoms with Crippen LogP contribution in [0.25, 0.3) is 0 Å². The van der Waals surface area contributed by atoms with Crippen LogP contribution in [0, 0.1) is 11.3 Å². The van der Waals surface area contributed by atoms with Crippen molar-refractivity contribution in [3.8, 4) is 17.6 Å². The normalized spacial score (nSPS) is 23.5. The first-order chi connectivity index (χ1) is 16.0. The number of aryl methyl sites for hydroxylation is 1. The van der Waals surface area contributed by atoms with Crippen molar-refractivity contribution in [1.82, 2.24) is 10.2 Å². The van der Waals surface area contributed by atoms with Crippen LogP contribution in [-0.4, -0.2) is 42.6 Å². The van der Waals surface area contributed by atoms with Crippen molar-refractivity contribution in [1.29, 1.82) is 5.26 Å². The summed E-state index contributed by atoms with van der Waals surface area (Å²) >= 11 is 0. The molecule has 0 saturated carbocycles. The van der Waals surface area contributed by atoms with Gasteiger partial charge in [0.05, 0.1) is 24.8 Å². The summed E-state index contributed by atoms with van der Waals surface area (Å²) in [6.07, 6.45) is 5.90. The van der Waals surface area contributed by atoms with Gasteiger partial charge in [0, 0.05) is 38.0 Å². The average Bonchev–Trinajstić information content (AvgIpc) is 2.83. The van der Waals surface area contributed by atoms with E-state index in [1.165, 1.54) is 11.1 Å². The number of hydrogen-bond donors (Lipinski definition) is 1. The van der Waals surface area contributed by atoms with Gasteiger partial charge in [0.1, 0.15) is 17.1 Å². The molecule has 0 bridgehead atoms. The Morgan fingerprint density at radius 1 is 1.21 bits per heavy atom. The standard InChI is InChI=1S/C27H31N3O3/c1-18(31)29-25-16-27(33-26-8-7-23(32-2)15-24(25)26)9-11-30(12-10-27)22-6-5-20-13-19(17-28)3-4-21(20)14-22/h3-4,7-8,13,15,22,25H,5-6,9-12,14,16H2,1-2H3,(H,29,31)/t22-,25?/m1/s1. The number of piperidine rings is 1. The van der Waals surface area contributed by atoms with Crippen LogP contribution < -0.4 is 14.8 Å². The van der Waals surface area contributed by atoms with Crippen LogP contribution >= 0.6 is 0 Å². The van der Waals surface area contributed by atoms with E-state index in [1.807, 2.05) is 24.3 Å². The van der Waals surface area contributed by atoms with E-state index in [1.54, 1.807) is 14.0 Å². The molecule has 3 aliphatic rings. The van der Waals surface area contributed by atoms with Gasteiger partial charge < -0.3 is 14.8 Å². The second kappa shape index (κ2) is 8.72. The van der Waals surface area contributed by atoms with E-state index >= 15 is 0 Å². The SMILES string of the molecule is COc1ccc2c(c1)C(NC(C)=O)CC1(CCN([C@@H]3CCc4cc(C#N)ccc4C3)CC1)O2. The highest BCUT2D eigenvalue weighted by atomic mass is 16.5. The number of nitrogens with zero attached hydrogens (tertiary/aromatic N) is 2. The zero-order valence-electron chi connectivity index (χ0n) is 19.4. The van der Waals surface area contributed by atoms with E-state index in [0.717, 1.165) is 74.2 Å². The number of ether oxygens (including phenoxy) is 2. The van der Waals surface area contributed by atoms with Crippen molar-refractivity contribution >= 4 is 5.91 Å². The number of fused-ring (bicyclic) bond motifs is 2. The monoisotopic (exact) mass is 445 g/mol. The van der Waals surface area contributed by atoms with Crippen LogP contribution in [0.15, 0.2) is 36.4 Å². The average molecular weight is 446 g/mol. The van der Waals surface area contributed by atoms with Gasteiger partial charge in [-0.1, -0.05) is 6.07 Å². The second-order valence-corrected chi connectivity index (χ2v) is 9.67. The van der Waals surface area contributed by atoms with E-state index in [0.29, 0.717) is 6.04 Å². The Kier molecular flexibility index (Phi) is 5.76. The molecule has 6 heteroatoms. The fourth-order valence-electron chi connectivity index (χ4n) is 5.87. The van der Waals surface area contributed by atoms with E-state index in [2.05, 4.69) is 28.4 Å². The third-order valence-electron chi connectivity index (χ3n) is 7.64. The Morgan fingerprint density at radius 3 is 2.76 bits per heavy atom. The second-order valence-electron chi connectivity index (χ2n) is 9.67. The number of nitrogens with one attached hydrogen (secondary N) is 1. The Bertz CT molecular complexity index is 1100. The van der Waals surface area contributed by atoms with Crippen molar-refractivity contribution in [2.75, 3.05) is 20.2 Å². The van der Waals surface area contributed by atoms with Gasteiger partial charge in [-0.05, 0) is 73.6 Å². The smallest absolute Gasteiger partial charge is 0.217 e. The summed E-state index contributed by atoms with van der Waals surface area (Å²) in [7, 11) is 1.65. The zero-order chi connectivity index (χ0) is 23.0. The molecule has 1 fully saturated rings. The molecule has 1 spiro atoms. The van der Waals surface area contributed by atoms with Gasteiger partial charge in [-0.3, -0.25) is 9.69 Å². The van der Waals surface area contributed by atoms with Gasteiger partial charge >= 0.3 is 0 Å². The van der Waals surface area contributed by atoms with Gasteiger partial charge in [0.25, 0.3) is 0 Å². The largest absolute Gasteiger partial charge is 0.497 e. The summed E-state index contributed by atoms with van der Waals surface area (Å²) < 4.78 is 12.0. The van der Waals surface area contributed by atoms with Crippen LogP contribution in [0.2, 0.25) is 0 Å². The lowest BCUT2D eigenvalue weighted by atomic mass is 9.79. The number of methoxy groups -OCH3 is 1. The topological polar surface area (TPSA) is 74.6 Å². The van der Waals surface area contributed by atoms with Crippen LogP contribution in [-0.2, 0) is 17.6 Å². The van der Waals surface area contributed by atoms with Crippen molar-refractivity contribution in [2.24, 2.45) is 0 Å². The van der Waals surface area contributed by atoms with Crippen LogP contribution in [0.4, 0.5) is 0 Å². The summed E-state index contributed by atoms with van der Waals surface area (Å²) in [5.41, 5.74) is 4.22. The Morgan fingerprint density at radius 2 is 2.03 bits per heavy atom. The molecule has 6 nitrogen and oxygen atoms in total. The number of amides is 1. The lowest BCUT2D eigenvalue weighted by molar-refractivity contribution is -0.120. The van der Waals surface area contributed by atoms with Gasteiger partial charge in [0.2, 0.25) is 5.91 Å². The first-order valence-corrected chi connectivity index (χ1v) is 11.9. The molecule has 5 rings (SSSR count). The minimum Gasteiger partial charge on any atom is -0.497 e. The molecule has 1 amide bonds. The first-order valence-electron chi connectivity index (χ1n) is 11.9. The zero-order valence-corrected chi connectivity index (χ0v) is 19.4. The van der Waals surface area contributed by atoms with Crippen LogP contribution in [0.1, 0.15) is 60.9 Å². The molecule has 2 aromatic carbocycles. The molecular weight excluding hydrogens is 414 g/mol. The molecule has 172 valence electrons. The molecule has 0 aromatic heterocycles. The number of nitriles is 1. The molecule has 2 aromatic rings. The van der Waals surface area contributed by atoms with Gasteiger partial charge in [-0.2, -0.15) is 5.26 Å². The van der Waals surface area contributed by atoms with Gasteiger partial charge in [-0.25, -0.2) is 0 Å². The summed E-state index contributed by atoms with van der Waals surface area (Å²) in [6, 6.07) is 14.7. The van der Waals surface area contributed by atoms with Crippen molar-refractivity contribution in [2.45, 2.75) is 63.1 Å². The number of carbonyl (C=O) groups excluding carboxylic acids is 1. The maximum Gasteiger partial charge on any atom is 0.217 e. The number of carbonyl (C=O) groups is 1. The number of likely N-dealkylation sites (tertiary alicyclic amines) is 1. The highest BCUT2D eigenvalue weighted by Crippen LogP contribution is 2.46. The molecular formula is C27H31N3O3. The minimum atomic E-state index is -0.251. The highest BCUT2D eigenvalue weighted by Gasteiger charge is 2.44. The third-order valence-corrected chi connectivity index (χ3v) is 7.64. The maximum atomic E-state index is 11.9. The van der Waals surface area contributed by atoms with Crippen molar-refractivity contribution in [3.63, 3.8) is 0 Å². The molecule has 33 heavy (non-hydrogen) atoms. The molecule has 2 heterocycles. The summed E-state index contributed by atoms with van der Waals surface area (Å²) in [4.78, 5) is 14.6. The van der Waals surface area contributed by atoms with E-state index in [-0.39, 0.29) is 17.6 Å². The Balaban J connectivity index is 1.29. The maximum absolute atomic E-state index is 11.9. The number of benzene rings is 2. The fraction of sp³-hybridized carbons (Fsp3) is 0.481. The molecule has 2 aliphatic heterocycles. The molecule has 1 N–H and O–H groups in total. The quantitative estimate of drug-likeness (QED) is 0.775. The molecule has 1 unspecified atom stereocenters. The summed E-state index contributed by atoms with van der Waals surface area (Å²) in [5.74, 6) is 1.61. The number of hydrogen-bond acceptors (Lipinski definition) is 5.